The van der Waals surface area contributed by atoms with E-state index in [4.69, 9.17) is 4.74 Å². The molecule has 0 fully saturated rings. The van der Waals surface area contributed by atoms with Crippen LogP contribution in [-0.4, -0.2) is 16.1 Å². The third-order valence-electron chi connectivity index (χ3n) is 1.09. The number of esters is 1. The lowest BCUT2D eigenvalue weighted by molar-refractivity contribution is -0.133. The maximum atomic E-state index is 10.9. The van der Waals surface area contributed by atoms with Gasteiger partial charge in [-0.3, -0.25) is 0 Å². The van der Waals surface area contributed by atoms with E-state index in [0.29, 0.717) is 5.57 Å². The lowest BCUT2D eigenvalue weighted by Gasteiger charge is -2.03. The van der Waals surface area contributed by atoms with Crippen molar-refractivity contribution in [2.75, 3.05) is 0 Å². The quantitative estimate of drug-likeness (QED) is 0.367. The number of carbonyl (C=O) groups excluding carboxylic acids is 1. The second-order valence-corrected chi connectivity index (χ2v) is 3.87. The van der Waals surface area contributed by atoms with Crippen molar-refractivity contribution in [3.63, 3.8) is 0 Å². The van der Waals surface area contributed by atoms with Crippen molar-refractivity contribution < 1.29 is 9.53 Å². The van der Waals surface area contributed by atoms with Gasteiger partial charge in [-0.1, -0.05) is 6.58 Å². The number of aliphatic imine (C=N–C) groups is 1. The minimum absolute atomic E-state index is 0.208. The van der Waals surface area contributed by atoms with Crippen molar-refractivity contribution in [3.05, 3.63) is 12.2 Å². The van der Waals surface area contributed by atoms with Gasteiger partial charge in [-0.15, -0.1) is 25.3 Å². The monoisotopic (exact) mass is 189 g/mol. The summed E-state index contributed by atoms with van der Waals surface area (Å²) >= 11 is 7.72. The standard InChI is InChI=1S/C6H7NO2S2/c1-3(2)4-7-6(10,11)5(8)9-4/h10-11H,1H2,2H3. The highest BCUT2D eigenvalue weighted by atomic mass is 32.2. The maximum Gasteiger partial charge on any atom is 0.361 e. The van der Waals surface area contributed by atoms with Gasteiger partial charge in [0.1, 0.15) is 0 Å². The first-order valence-electron chi connectivity index (χ1n) is 2.86. The highest BCUT2D eigenvalue weighted by molar-refractivity contribution is 8.02. The SMILES string of the molecule is C=C(C)C1=NC(S)(S)C(=O)O1. The largest absolute Gasteiger partial charge is 0.404 e. The summed E-state index contributed by atoms with van der Waals surface area (Å²) in [5.74, 6) is -0.373. The highest BCUT2D eigenvalue weighted by Crippen LogP contribution is 2.29. The van der Waals surface area contributed by atoms with E-state index in [9.17, 15) is 4.79 Å². The van der Waals surface area contributed by atoms with Crippen LogP contribution in [0.1, 0.15) is 6.92 Å². The van der Waals surface area contributed by atoms with Crippen molar-refractivity contribution in [2.24, 2.45) is 4.99 Å². The van der Waals surface area contributed by atoms with Crippen LogP contribution in [0.25, 0.3) is 0 Å². The first-order valence-corrected chi connectivity index (χ1v) is 3.75. The number of hydrogen-bond donors (Lipinski definition) is 2. The maximum absolute atomic E-state index is 10.9. The zero-order valence-electron chi connectivity index (χ0n) is 5.87. The molecule has 0 unspecified atom stereocenters. The fraction of sp³-hybridized carbons (Fsp3) is 0.333. The molecule has 60 valence electrons. The minimum atomic E-state index is -1.34. The van der Waals surface area contributed by atoms with Gasteiger partial charge in [0.25, 0.3) is 0 Å². The molecule has 0 aromatic heterocycles. The fourth-order valence-electron chi connectivity index (χ4n) is 0.549. The number of carbonyl (C=O) groups is 1. The van der Waals surface area contributed by atoms with Gasteiger partial charge in [-0.25, -0.2) is 9.79 Å². The summed E-state index contributed by atoms with van der Waals surface area (Å²) in [6.45, 7) is 5.25. The number of rotatable bonds is 1. The van der Waals surface area contributed by atoms with Crippen LogP contribution < -0.4 is 0 Å². The average molecular weight is 189 g/mol. The summed E-state index contributed by atoms with van der Waals surface area (Å²) in [4.78, 5) is 14.7. The van der Waals surface area contributed by atoms with Crippen molar-refractivity contribution >= 4 is 37.1 Å². The van der Waals surface area contributed by atoms with Crippen molar-refractivity contribution in [2.45, 2.75) is 11.1 Å². The van der Waals surface area contributed by atoms with Crippen molar-refractivity contribution in [3.8, 4) is 0 Å². The molecule has 0 N–H and O–H groups in total. The first-order chi connectivity index (χ1) is 4.93. The van der Waals surface area contributed by atoms with E-state index in [1.54, 1.807) is 6.92 Å². The van der Waals surface area contributed by atoms with Crippen molar-refractivity contribution in [1.82, 2.24) is 0 Å². The molecule has 0 saturated carbocycles. The molecule has 1 aliphatic heterocycles. The summed E-state index contributed by atoms with van der Waals surface area (Å²) in [5, 5.41) is 0. The summed E-state index contributed by atoms with van der Waals surface area (Å²) in [6.07, 6.45) is 0. The smallest absolute Gasteiger partial charge is 0.361 e. The fourth-order valence-corrected chi connectivity index (χ4v) is 0.822. The second kappa shape index (κ2) is 2.57. The molecule has 0 spiro atoms. The molecule has 0 amide bonds. The molecule has 1 heterocycles. The summed E-state index contributed by atoms with van der Waals surface area (Å²) in [6, 6.07) is 0. The number of nitrogens with zero attached hydrogens (tertiary/aromatic N) is 1. The Hall–Kier alpha value is -0.420. The van der Waals surface area contributed by atoms with Gasteiger partial charge in [0, 0.05) is 5.57 Å². The van der Waals surface area contributed by atoms with Gasteiger partial charge in [0.05, 0.1) is 0 Å². The normalized spacial score (nSPS) is 21.0. The Labute approximate surface area is 75.3 Å². The van der Waals surface area contributed by atoms with E-state index >= 15 is 0 Å². The van der Waals surface area contributed by atoms with Crippen LogP contribution >= 0.6 is 25.3 Å². The molecular weight excluding hydrogens is 182 g/mol. The van der Waals surface area contributed by atoms with Crippen LogP contribution in [0.15, 0.2) is 17.1 Å². The van der Waals surface area contributed by atoms with Gasteiger partial charge < -0.3 is 4.74 Å². The molecule has 0 aromatic rings. The number of hydrogen-bond acceptors (Lipinski definition) is 5. The molecule has 1 rings (SSSR count). The Balaban J connectivity index is 2.93. The topological polar surface area (TPSA) is 38.7 Å². The Morgan fingerprint density at radius 1 is 1.73 bits per heavy atom. The molecule has 0 radical (unpaired) electrons. The number of cyclic esters (lactones) is 1. The molecule has 3 nitrogen and oxygen atoms in total. The molecule has 11 heavy (non-hydrogen) atoms. The predicted molar refractivity (Wildman–Crippen MR) is 49.0 cm³/mol. The van der Waals surface area contributed by atoms with Crippen LogP contribution in [-0.2, 0) is 9.53 Å². The van der Waals surface area contributed by atoms with Crippen LogP contribution in [0, 0.1) is 0 Å². The summed E-state index contributed by atoms with van der Waals surface area (Å²) in [7, 11) is 0. The second-order valence-electron chi connectivity index (χ2n) is 2.22. The number of ether oxygens (including phenoxy) is 1. The van der Waals surface area contributed by atoms with Crippen LogP contribution in [0.3, 0.4) is 0 Å². The van der Waals surface area contributed by atoms with Crippen LogP contribution in [0.5, 0.6) is 0 Å². The van der Waals surface area contributed by atoms with E-state index in [2.05, 4.69) is 36.8 Å². The van der Waals surface area contributed by atoms with E-state index in [-0.39, 0.29) is 5.90 Å². The molecule has 0 atom stereocenters. The molecule has 0 bridgehead atoms. The third-order valence-corrected chi connectivity index (χ3v) is 1.65. The Morgan fingerprint density at radius 2 is 2.27 bits per heavy atom. The van der Waals surface area contributed by atoms with Gasteiger partial charge in [-0.05, 0) is 6.92 Å². The lowest BCUT2D eigenvalue weighted by Crippen LogP contribution is -2.19. The predicted octanol–water partition coefficient (Wildman–Crippen LogP) is 1.03. The first kappa shape index (κ1) is 8.67. The zero-order valence-corrected chi connectivity index (χ0v) is 7.65. The molecule has 1 aliphatic rings. The highest BCUT2D eigenvalue weighted by Gasteiger charge is 2.39. The van der Waals surface area contributed by atoms with Gasteiger partial charge >= 0.3 is 5.97 Å². The van der Waals surface area contributed by atoms with Gasteiger partial charge in [0.15, 0.2) is 0 Å². The Morgan fingerprint density at radius 3 is 2.45 bits per heavy atom. The molecule has 0 saturated heterocycles. The minimum Gasteiger partial charge on any atom is -0.404 e. The van der Waals surface area contributed by atoms with Gasteiger partial charge in [0.2, 0.25) is 10.1 Å². The van der Waals surface area contributed by atoms with Crippen molar-refractivity contribution in [1.29, 1.82) is 0 Å². The van der Waals surface area contributed by atoms with Crippen LogP contribution in [0.2, 0.25) is 0 Å². The van der Waals surface area contributed by atoms with Gasteiger partial charge in [-0.2, -0.15) is 0 Å². The molecule has 5 heteroatoms. The summed E-state index contributed by atoms with van der Waals surface area (Å²) in [5.41, 5.74) is 0.586. The van der Waals surface area contributed by atoms with E-state index in [0.717, 1.165) is 0 Å². The molecular formula is C6H7NO2S2. The summed E-state index contributed by atoms with van der Waals surface area (Å²) < 4.78 is 3.36. The Kier molecular flexibility index (Phi) is 2.02. The Bertz CT molecular complexity index is 257. The average Bonchev–Trinajstić information content (AvgIpc) is 2.08. The third kappa shape index (κ3) is 1.59. The van der Waals surface area contributed by atoms with Crippen LogP contribution in [0.4, 0.5) is 0 Å². The molecule has 0 aromatic carbocycles. The molecule has 0 aliphatic carbocycles. The van der Waals surface area contributed by atoms with E-state index < -0.39 is 10.2 Å². The lowest BCUT2D eigenvalue weighted by atomic mass is 10.4. The zero-order chi connectivity index (χ0) is 8.65. The van der Waals surface area contributed by atoms with E-state index in [1.807, 2.05) is 0 Å². The van der Waals surface area contributed by atoms with E-state index in [1.165, 1.54) is 0 Å². The number of thiol groups is 2.